The Morgan fingerprint density at radius 1 is 1.73 bits per heavy atom. The van der Waals surface area contributed by atoms with Crippen LogP contribution in [-0.2, 0) is 0 Å². The maximum absolute atomic E-state index is 11.0. The molecule has 1 aromatic rings. The van der Waals surface area contributed by atoms with Crippen LogP contribution in [0.1, 0.15) is 29.4 Å². The van der Waals surface area contributed by atoms with E-state index >= 15 is 0 Å². The van der Waals surface area contributed by atoms with Crippen molar-refractivity contribution >= 4 is 21.9 Å². The number of nitrogens with zero attached hydrogens (tertiary/aromatic N) is 2. The smallest absolute Gasteiger partial charge is 0.354 e. The minimum absolute atomic E-state index is 0.182. The number of aromatic nitrogens is 2. The van der Waals surface area contributed by atoms with Crippen molar-refractivity contribution in [1.82, 2.24) is 14.9 Å². The molecule has 15 heavy (non-hydrogen) atoms. The molecule has 0 bridgehead atoms. The molecule has 0 saturated carbocycles. The first-order chi connectivity index (χ1) is 7.20. The number of nitrogens with one attached hydrogen (secondary N) is 1. The van der Waals surface area contributed by atoms with Gasteiger partial charge in [0.2, 0.25) is 0 Å². The second-order valence-electron chi connectivity index (χ2n) is 3.59. The predicted octanol–water partition coefficient (Wildman–Crippen LogP) is 1.27. The van der Waals surface area contributed by atoms with E-state index in [1.165, 1.54) is 6.20 Å². The Kier molecular flexibility index (Phi) is 3.06. The van der Waals surface area contributed by atoms with E-state index in [0.717, 1.165) is 25.9 Å². The number of imidazole rings is 1. The monoisotopic (exact) mass is 273 g/mol. The van der Waals surface area contributed by atoms with Gasteiger partial charge in [0.1, 0.15) is 5.69 Å². The number of halogens is 1. The molecule has 2 rings (SSSR count). The highest BCUT2D eigenvalue weighted by Gasteiger charge is 2.23. The molecule has 1 unspecified atom stereocenters. The van der Waals surface area contributed by atoms with E-state index in [0.29, 0.717) is 4.73 Å². The number of hydrogen-bond donors (Lipinski definition) is 2. The van der Waals surface area contributed by atoms with Crippen LogP contribution >= 0.6 is 15.9 Å². The van der Waals surface area contributed by atoms with Crippen LogP contribution in [0.25, 0.3) is 0 Å². The second-order valence-corrected chi connectivity index (χ2v) is 4.30. The minimum Gasteiger partial charge on any atom is -0.477 e. The van der Waals surface area contributed by atoms with Gasteiger partial charge in [0.25, 0.3) is 0 Å². The van der Waals surface area contributed by atoms with Crippen molar-refractivity contribution in [3.8, 4) is 0 Å². The highest BCUT2D eigenvalue weighted by molar-refractivity contribution is 9.10. The lowest BCUT2D eigenvalue weighted by atomic mass is 10.1. The standard InChI is InChI=1S/C9H12BrN3O2/c10-9-12-5-7(8(14)15)13(9)6-2-1-3-11-4-6/h5-6,11H,1-4H2,(H,14,15). The quantitative estimate of drug-likeness (QED) is 0.852. The van der Waals surface area contributed by atoms with Gasteiger partial charge in [-0.2, -0.15) is 0 Å². The summed E-state index contributed by atoms with van der Waals surface area (Å²) in [5.74, 6) is -0.932. The molecule has 1 aliphatic heterocycles. The first kappa shape index (κ1) is 10.6. The van der Waals surface area contributed by atoms with Gasteiger partial charge in [0.05, 0.1) is 6.20 Å². The largest absolute Gasteiger partial charge is 0.477 e. The minimum atomic E-state index is -0.932. The molecule has 0 amide bonds. The fourth-order valence-corrected chi connectivity index (χ4v) is 2.48. The SMILES string of the molecule is O=C(O)c1cnc(Br)n1C1CCCNC1. The van der Waals surface area contributed by atoms with Gasteiger partial charge in [-0.05, 0) is 35.3 Å². The molecule has 0 aliphatic carbocycles. The van der Waals surface area contributed by atoms with Crippen molar-refractivity contribution in [2.24, 2.45) is 0 Å². The zero-order chi connectivity index (χ0) is 10.8. The number of carbonyl (C=O) groups is 1. The summed E-state index contributed by atoms with van der Waals surface area (Å²) in [6, 6.07) is 0.182. The number of rotatable bonds is 2. The summed E-state index contributed by atoms with van der Waals surface area (Å²) in [7, 11) is 0. The van der Waals surface area contributed by atoms with Crippen LogP contribution in [0.4, 0.5) is 0 Å². The number of aromatic carboxylic acids is 1. The van der Waals surface area contributed by atoms with Crippen LogP contribution in [0.15, 0.2) is 10.9 Å². The van der Waals surface area contributed by atoms with Crippen LogP contribution in [0, 0.1) is 0 Å². The molecule has 2 heterocycles. The summed E-state index contributed by atoms with van der Waals surface area (Å²) in [6.45, 7) is 1.81. The Bertz CT molecular complexity index is 371. The number of carboxylic acid groups (broad SMARTS) is 1. The Balaban J connectivity index is 2.32. The molecule has 5 nitrogen and oxygen atoms in total. The third-order valence-corrected chi connectivity index (χ3v) is 3.19. The lowest BCUT2D eigenvalue weighted by molar-refractivity contribution is 0.0681. The molecule has 82 valence electrons. The van der Waals surface area contributed by atoms with Crippen LogP contribution in [0.3, 0.4) is 0 Å². The Morgan fingerprint density at radius 2 is 2.53 bits per heavy atom. The number of piperidine rings is 1. The lowest BCUT2D eigenvalue weighted by Gasteiger charge is -2.25. The zero-order valence-corrected chi connectivity index (χ0v) is 9.70. The van der Waals surface area contributed by atoms with Gasteiger partial charge < -0.3 is 15.0 Å². The van der Waals surface area contributed by atoms with Gasteiger partial charge in [0.15, 0.2) is 4.73 Å². The molecule has 2 N–H and O–H groups in total. The molecular weight excluding hydrogens is 262 g/mol. The normalized spacial score (nSPS) is 21.5. The maximum Gasteiger partial charge on any atom is 0.354 e. The third kappa shape index (κ3) is 2.05. The van der Waals surface area contributed by atoms with Gasteiger partial charge in [-0.1, -0.05) is 0 Å². The van der Waals surface area contributed by atoms with Crippen LogP contribution in [-0.4, -0.2) is 33.7 Å². The topological polar surface area (TPSA) is 67.1 Å². The second kappa shape index (κ2) is 4.32. The Hall–Kier alpha value is -0.880. The zero-order valence-electron chi connectivity index (χ0n) is 8.11. The fraction of sp³-hybridized carbons (Fsp3) is 0.556. The van der Waals surface area contributed by atoms with E-state index in [2.05, 4.69) is 26.2 Å². The average Bonchev–Trinajstić information content (AvgIpc) is 2.61. The maximum atomic E-state index is 11.0. The molecule has 1 fully saturated rings. The van der Waals surface area contributed by atoms with Crippen molar-refractivity contribution in [2.45, 2.75) is 18.9 Å². The Labute approximate surface area is 95.6 Å². The van der Waals surface area contributed by atoms with Crippen LogP contribution < -0.4 is 5.32 Å². The van der Waals surface area contributed by atoms with Crippen LogP contribution in [0.2, 0.25) is 0 Å². The van der Waals surface area contributed by atoms with E-state index in [-0.39, 0.29) is 11.7 Å². The number of carboxylic acids is 1. The molecule has 1 aromatic heterocycles. The highest BCUT2D eigenvalue weighted by Crippen LogP contribution is 2.23. The molecule has 1 aliphatic rings. The molecule has 1 atom stereocenters. The summed E-state index contributed by atoms with van der Waals surface area (Å²) in [5, 5.41) is 12.3. The summed E-state index contributed by atoms with van der Waals surface area (Å²) >= 11 is 3.28. The predicted molar refractivity (Wildman–Crippen MR) is 58.0 cm³/mol. The average molecular weight is 274 g/mol. The molecule has 1 saturated heterocycles. The fourth-order valence-electron chi connectivity index (χ4n) is 1.90. The van der Waals surface area contributed by atoms with E-state index in [9.17, 15) is 4.79 Å². The van der Waals surface area contributed by atoms with Gasteiger partial charge in [-0.15, -0.1) is 0 Å². The molecule has 0 aromatic carbocycles. The first-order valence-corrected chi connectivity index (χ1v) is 5.66. The molecule has 6 heteroatoms. The molecule has 0 radical (unpaired) electrons. The summed E-state index contributed by atoms with van der Waals surface area (Å²) in [4.78, 5) is 15.0. The first-order valence-electron chi connectivity index (χ1n) is 4.87. The Morgan fingerprint density at radius 3 is 3.13 bits per heavy atom. The number of hydrogen-bond acceptors (Lipinski definition) is 3. The molecular formula is C9H12BrN3O2. The van der Waals surface area contributed by atoms with Crippen LogP contribution in [0.5, 0.6) is 0 Å². The molecule has 0 spiro atoms. The van der Waals surface area contributed by atoms with E-state index in [1.54, 1.807) is 4.57 Å². The van der Waals surface area contributed by atoms with Crippen molar-refractivity contribution in [3.05, 3.63) is 16.6 Å². The van der Waals surface area contributed by atoms with Gasteiger partial charge in [-0.3, -0.25) is 0 Å². The summed E-state index contributed by atoms with van der Waals surface area (Å²) < 4.78 is 2.34. The third-order valence-electron chi connectivity index (χ3n) is 2.61. The van der Waals surface area contributed by atoms with E-state index < -0.39 is 5.97 Å². The highest BCUT2D eigenvalue weighted by atomic mass is 79.9. The lowest BCUT2D eigenvalue weighted by Crippen LogP contribution is -2.33. The van der Waals surface area contributed by atoms with E-state index in [1.807, 2.05) is 0 Å². The van der Waals surface area contributed by atoms with Crippen molar-refractivity contribution < 1.29 is 9.90 Å². The van der Waals surface area contributed by atoms with E-state index in [4.69, 9.17) is 5.11 Å². The van der Waals surface area contributed by atoms with Crippen molar-refractivity contribution in [1.29, 1.82) is 0 Å². The van der Waals surface area contributed by atoms with Crippen molar-refractivity contribution in [3.63, 3.8) is 0 Å². The summed E-state index contributed by atoms with van der Waals surface area (Å²) in [6.07, 6.45) is 3.44. The summed E-state index contributed by atoms with van der Waals surface area (Å²) in [5.41, 5.74) is 0.246. The van der Waals surface area contributed by atoms with Crippen molar-refractivity contribution in [2.75, 3.05) is 13.1 Å². The van der Waals surface area contributed by atoms with Gasteiger partial charge in [0, 0.05) is 12.6 Å². The van der Waals surface area contributed by atoms with Gasteiger partial charge >= 0.3 is 5.97 Å². The van der Waals surface area contributed by atoms with Gasteiger partial charge in [-0.25, -0.2) is 9.78 Å².